The first-order valence-corrected chi connectivity index (χ1v) is 4.48. The van der Waals surface area contributed by atoms with E-state index in [1.54, 1.807) is 6.92 Å². The zero-order chi connectivity index (χ0) is 7.49. The molecule has 1 atom stereocenters. The van der Waals surface area contributed by atoms with E-state index in [0.717, 1.165) is 6.66 Å². The molecule has 0 amide bonds. The first-order valence-electron chi connectivity index (χ1n) is 2.49. The van der Waals surface area contributed by atoms with Crippen LogP contribution in [0.5, 0.6) is 0 Å². The van der Waals surface area contributed by atoms with Gasteiger partial charge in [-0.05, 0) is 6.92 Å². The fourth-order valence-corrected chi connectivity index (χ4v) is 0.682. The van der Waals surface area contributed by atoms with E-state index in [1.165, 1.54) is 0 Å². The quantitative estimate of drug-likeness (QED) is 0.439. The lowest BCUT2D eigenvalue weighted by Gasteiger charge is -2.17. The van der Waals surface area contributed by atoms with Gasteiger partial charge in [-0.1, -0.05) is 12.2 Å². The van der Waals surface area contributed by atoms with Gasteiger partial charge in [-0.25, -0.2) is 0 Å². The average molecular weight is 149 g/mol. The van der Waals surface area contributed by atoms with Gasteiger partial charge in [-0.2, -0.15) is 0 Å². The second kappa shape index (κ2) is 3.16. The van der Waals surface area contributed by atoms with Gasteiger partial charge in [0.05, 0.1) is 6.61 Å². The summed E-state index contributed by atoms with van der Waals surface area (Å²) in [6.45, 7) is 6.31. The van der Waals surface area contributed by atoms with Gasteiger partial charge in [0.15, 0.2) is 0 Å². The zero-order valence-corrected chi connectivity index (χ0v) is 6.48. The Balaban J connectivity index is 3.53. The highest BCUT2D eigenvalue weighted by molar-refractivity contribution is 7.50. The van der Waals surface area contributed by atoms with Crippen LogP contribution in [-0.2, 0) is 9.09 Å². The lowest BCUT2D eigenvalue weighted by molar-refractivity contribution is -0.195. The van der Waals surface area contributed by atoms with E-state index in [9.17, 15) is 9.46 Å². The monoisotopic (exact) mass is 149 g/mol. The summed E-state index contributed by atoms with van der Waals surface area (Å²) in [5.74, 6) is 0. The molecule has 0 spiro atoms. The summed E-state index contributed by atoms with van der Waals surface area (Å²) in [5, 5.41) is 0. The van der Waals surface area contributed by atoms with Gasteiger partial charge in [0, 0.05) is 6.66 Å². The van der Waals surface area contributed by atoms with Gasteiger partial charge in [0.1, 0.15) is 7.60 Å². The molecule has 0 heterocycles. The molecule has 0 aliphatic rings. The normalized spacial score (nSPS) is 16.8. The zero-order valence-electron chi connectivity index (χ0n) is 5.59. The molecule has 0 radical (unpaired) electrons. The second-order valence-corrected chi connectivity index (χ2v) is 3.80. The fraction of sp³-hybridized carbons (Fsp3) is 0.600. The van der Waals surface area contributed by atoms with Crippen LogP contribution in [0.25, 0.3) is 0 Å². The summed E-state index contributed by atoms with van der Waals surface area (Å²) >= 11 is 0. The molecule has 0 saturated carbocycles. The van der Waals surface area contributed by atoms with Crippen LogP contribution < -0.4 is 4.89 Å². The Morgan fingerprint density at radius 1 is 1.89 bits per heavy atom. The first-order chi connectivity index (χ1) is 3.92. The molecular formula is C5H10O3P-. The molecule has 0 N–H and O–H groups in total. The number of hydrogen-bond acceptors (Lipinski definition) is 3. The summed E-state index contributed by atoms with van der Waals surface area (Å²) in [4.78, 5) is 10.3. The van der Waals surface area contributed by atoms with Crippen LogP contribution in [0, 0.1) is 0 Å². The lowest BCUT2D eigenvalue weighted by Crippen LogP contribution is -2.03. The molecule has 54 valence electrons. The van der Waals surface area contributed by atoms with E-state index < -0.39 is 7.60 Å². The van der Waals surface area contributed by atoms with Crippen LogP contribution in [0.2, 0.25) is 0 Å². The minimum absolute atomic E-state index is 0.0945. The molecule has 0 rings (SSSR count). The third-order valence-electron chi connectivity index (χ3n) is 0.545. The van der Waals surface area contributed by atoms with Crippen molar-refractivity contribution in [1.82, 2.24) is 0 Å². The van der Waals surface area contributed by atoms with E-state index >= 15 is 0 Å². The summed E-state index contributed by atoms with van der Waals surface area (Å²) in [6, 6.07) is 0. The van der Waals surface area contributed by atoms with Crippen molar-refractivity contribution in [2.24, 2.45) is 0 Å². The number of rotatable bonds is 3. The molecule has 3 nitrogen and oxygen atoms in total. The van der Waals surface area contributed by atoms with Gasteiger partial charge in [0.25, 0.3) is 0 Å². The van der Waals surface area contributed by atoms with E-state index in [-0.39, 0.29) is 6.61 Å². The van der Waals surface area contributed by atoms with Crippen LogP contribution in [0.3, 0.4) is 0 Å². The maximum atomic E-state index is 10.3. The summed E-state index contributed by atoms with van der Waals surface area (Å²) < 4.78 is 14.7. The molecule has 0 aliphatic heterocycles. The Labute approximate surface area is 54.9 Å². The molecule has 4 heteroatoms. The highest BCUT2D eigenvalue weighted by Gasteiger charge is 1.96. The smallest absolute Gasteiger partial charge is 0.132 e. The Kier molecular flexibility index (Phi) is 3.12. The van der Waals surface area contributed by atoms with Crippen molar-refractivity contribution in [2.45, 2.75) is 6.92 Å². The van der Waals surface area contributed by atoms with Crippen molar-refractivity contribution in [3.63, 3.8) is 0 Å². The molecular weight excluding hydrogens is 139 g/mol. The van der Waals surface area contributed by atoms with Gasteiger partial charge in [0.2, 0.25) is 0 Å². The molecule has 0 aromatic heterocycles. The van der Waals surface area contributed by atoms with Gasteiger partial charge < -0.3 is 14.0 Å². The SMILES string of the molecule is C=C(C)COP(C)(=O)[O-]. The van der Waals surface area contributed by atoms with E-state index in [2.05, 4.69) is 11.1 Å². The maximum absolute atomic E-state index is 10.3. The number of hydrogen-bond donors (Lipinski definition) is 0. The Morgan fingerprint density at radius 2 is 2.33 bits per heavy atom. The summed E-state index contributed by atoms with van der Waals surface area (Å²) in [7, 11) is -3.53. The predicted octanol–water partition coefficient (Wildman–Crippen LogP) is 0.762. The molecule has 0 aliphatic carbocycles. The summed E-state index contributed by atoms with van der Waals surface area (Å²) in [6.07, 6.45) is 0. The van der Waals surface area contributed by atoms with Crippen molar-refractivity contribution in [3.05, 3.63) is 12.2 Å². The topological polar surface area (TPSA) is 49.4 Å². The predicted molar refractivity (Wildman–Crippen MR) is 34.3 cm³/mol. The molecule has 9 heavy (non-hydrogen) atoms. The standard InChI is InChI=1S/C5H11O3P/c1-5(2)4-8-9(3,6)7/h1,4H2,2-3H3,(H,6,7)/p-1. The van der Waals surface area contributed by atoms with Crippen LogP contribution in [0.4, 0.5) is 0 Å². The molecule has 0 saturated heterocycles. The Morgan fingerprint density at radius 3 is 2.44 bits per heavy atom. The second-order valence-electron chi connectivity index (χ2n) is 2.00. The van der Waals surface area contributed by atoms with Crippen LogP contribution in [-0.4, -0.2) is 13.3 Å². The third-order valence-corrected chi connectivity index (χ3v) is 1.14. The largest absolute Gasteiger partial charge is 0.779 e. The molecule has 0 fully saturated rings. The molecule has 0 bridgehead atoms. The van der Waals surface area contributed by atoms with Crippen LogP contribution in [0.1, 0.15) is 6.92 Å². The van der Waals surface area contributed by atoms with E-state index in [0.29, 0.717) is 5.57 Å². The van der Waals surface area contributed by atoms with Crippen molar-refractivity contribution < 1.29 is 14.0 Å². The van der Waals surface area contributed by atoms with E-state index in [4.69, 9.17) is 0 Å². The lowest BCUT2D eigenvalue weighted by atomic mass is 10.4. The molecule has 0 aromatic rings. The minimum atomic E-state index is -3.53. The van der Waals surface area contributed by atoms with Crippen LogP contribution in [0.15, 0.2) is 12.2 Å². The van der Waals surface area contributed by atoms with Crippen molar-refractivity contribution in [3.8, 4) is 0 Å². The average Bonchev–Trinajstić information content (AvgIpc) is 1.59. The molecule has 0 aromatic carbocycles. The third kappa shape index (κ3) is 7.89. The fourth-order valence-electron chi connectivity index (χ4n) is 0.227. The van der Waals surface area contributed by atoms with Gasteiger partial charge >= 0.3 is 0 Å². The van der Waals surface area contributed by atoms with Crippen molar-refractivity contribution >= 4 is 7.60 Å². The van der Waals surface area contributed by atoms with Gasteiger partial charge in [-0.15, -0.1) is 0 Å². The Bertz CT molecular complexity index is 146. The highest BCUT2D eigenvalue weighted by atomic mass is 31.2. The van der Waals surface area contributed by atoms with Crippen molar-refractivity contribution in [2.75, 3.05) is 13.3 Å². The maximum Gasteiger partial charge on any atom is 0.132 e. The molecule has 1 unspecified atom stereocenters. The van der Waals surface area contributed by atoms with E-state index in [1.807, 2.05) is 0 Å². The first kappa shape index (κ1) is 8.89. The van der Waals surface area contributed by atoms with Crippen LogP contribution >= 0.6 is 7.60 Å². The summed E-state index contributed by atoms with van der Waals surface area (Å²) in [5.41, 5.74) is 0.702. The highest BCUT2D eigenvalue weighted by Crippen LogP contribution is 2.31. The van der Waals surface area contributed by atoms with Gasteiger partial charge in [-0.3, -0.25) is 0 Å². The minimum Gasteiger partial charge on any atom is -0.779 e. The Hall–Kier alpha value is -0.110. The van der Waals surface area contributed by atoms with Crippen molar-refractivity contribution in [1.29, 1.82) is 0 Å².